The van der Waals surface area contributed by atoms with E-state index in [4.69, 9.17) is 0 Å². The summed E-state index contributed by atoms with van der Waals surface area (Å²) in [6.45, 7) is 2.26. The van der Waals surface area contributed by atoms with Gasteiger partial charge in [-0.15, -0.1) is 0 Å². The fourth-order valence-corrected chi connectivity index (χ4v) is 3.31. The molecule has 0 spiro atoms. The van der Waals surface area contributed by atoms with Crippen molar-refractivity contribution in [3.63, 3.8) is 0 Å². The SMILES string of the molecule is CCCCCCCCc1ccc(-c2ccc(C(=O)n3ccnc3)cc2)cc1. The van der Waals surface area contributed by atoms with Crippen LogP contribution in [0.1, 0.15) is 61.4 Å². The second kappa shape index (κ2) is 9.86. The van der Waals surface area contributed by atoms with Gasteiger partial charge in [0.1, 0.15) is 6.33 Å². The van der Waals surface area contributed by atoms with Gasteiger partial charge in [-0.2, -0.15) is 0 Å². The summed E-state index contributed by atoms with van der Waals surface area (Å²) in [5, 5.41) is 0. The van der Waals surface area contributed by atoms with Crippen molar-refractivity contribution in [1.82, 2.24) is 9.55 Å². The van der Waals surface area contributed by atoms with Gasteiger partial charge >= 0.3 is 0 Å². The lowest BCUT2D eigenvalue weighted by Crippen LogP contribution is -2.09. The lowest BCUT2D eigenvalue weighted by molar-refractivity contribution is 0.0960. The van der Waals surface area contributed by atoms with Crippen LogP contribution in [0.15, 0.2) is 67.3 Å². The molecular weight excluding hydrogens is 332 g/mol. The van der Waals surface area contributed by atoms with E-state index in [9.17, 15) is 4.79 Å². The number of carbonyl (C=O) groups excluding carboxylic acids is 1. The molecule has 3 rings (SSSR count). The normalized spacial score (nSPS) is 10.9. The van der Waals surface area contributed by atoms with Crippen LogP contribution in [0.2, 0.25) is 0 Å². The van der Waals surface area contributed by atoms with E-state index in [2.05, 4.69) is 36.2 Å². The summed E-state index contributed by atoms with van der Waals surface area (Å²) in [5.74, 6) is -0.0617. The second-order valence-electron chi connectivity index (χ2n) is 7.07. The van der Waals surface area contributed by atoms with Gasteiger partial charge in [-0.1, -0.05) is 75.4 Å². The molecule has 0 amide bonds. The van der Waals surface area contributed by atoms with E-state index in [0.29, 0.717) is 5.56 Å². The molecule has 0 fully saturated rings. The van der Waals surface area contributed by atoms with E-state index in [0.717, 1.165) is 12.0 Å². The topological polar surface area (TPSA) is 34.9 Å². The summed E-state index contributed by atoms with van der Waals surface area (Å²) < 4.78 is 1.49. The minimum atomic E-state index is -0.0617. The van der Waals surface area contributed by atoms with E-state index in [1.54, 1.807) is 12.4 Å². The Morgan fingerprint density at radius 1 is 0.852 bits per heavy atom. The lowest BCUT2D eigenvalue weighted by atomic mass is 10.00. The zero-order valence-corrected chi connectivity index (χ0v) is 16.1. The number of carbonyl (C=O) groups is 1. The van der Waals surface area contributed by atoms with Gasteiger partial charge in [0, 0.05) is 18.0 Å². The van der Waals surface area contributed by atoms with E-state index < -0.39 is 0 Å². The molecule has 0 aliphatic carbocycles. The summed E-state index contributed by atoms with van der Waals surface area (Å²) in [5.41, 5.74) is 4.38. The maximum atomic E-state index is 12.3. The summed E-state index contributed by atoms with van der Waals surface area (Å²) >= 11 is 0. The van der Waals surface area contributed by atoms with Gasteiger partial charge < -0.3 is 0 Å². The van der Waals surface area contributed by atoms with E-state index in [1.165, 1.54) is 60.5 Å². The van der Waals surface area contributed by atoms with Gasteiger partial charge in [0.05, 0.1) is 0 Å². The van der Waals surface area contributed by atoms with E-state index in [1.807, 2.05) is 24.3 Å². The molecule has 27 heavy (non-hydrogen) atoms. The van der Waals surface area contributed by atoms with Crippen molar-refractivity contribution in [2.75, 3.05) is 0 Å². The van der Waals surface area contributed by atoms with Gasteiger partial charge in [0.25, 0.3) is 5.91 Å². The zero-order valence-electron chi connectivity index (χ0n) is 16.1. The molecule has 1 heterocycles. The Hall–Kier alpha value is -2.68. The van der Waals surface area contributed by atoms with Crippen molar-refractivity contribution in [3.05, 3.63) is 78.4 Å². The molecule has 0 unspecified atom stereocenters. The fraction of sp³-hybridized carbons (Fsp3) is 0.333. The molecule has 0 N–H and O–H groups in total. The predicted molar refractivity (Wildman–Crippen MR) is 111 cm³/mol. The highest BCUT2D eigenvalue weighted by Crippen LogP contribution is 2.21. The zero-order chi connectivity index (χ0) is 18.9. The van der Waals surface area contributed by atoms with Crippen LogP contribution in [0.3, 0.4) is 0 Å². The number of hydrogen-bond acceptors (Lipinski definition) is 2. The maximum Gasteiger partial charge on any atom is 0.263 e. The monoisotopic (exact) mass is 360 g/mol. The molecule has 0 saturated heterocycles. The van der Waals surface area contributed by atoms with Crippen molar-refractivity contribution in [2.45, 2.75) is 51.9 Å². The lowest BCUT2D eigenvalue weighted by Gasteiger charge is -2.06. The molecule has 1 aromatic heterocycles. The molecule has 0 radical (unpaired) electrons. The summed E-state index contributed by atoms with van der Waals surface area (Å²) in [6, 6.07) is 16.6. The van der Waals surface area contributed by atoms with Crippen molar-refractivity contribution < 1.29 is 4.79 Å². The van der Waals surface area contributed by atoms with Crippen LogP contribution < -0.4 is 0 Å². The number of imidazole rings is 1. The molecule has 0 aliphatic heterocycles. The third-order valence-corrected chi connectivity index (χ3v) is 4.98. The highest BCUT2D eigenvalue weighted by Gasteiger charge is 2.08. The van der Waals surface area contributed by atoms with Gasteiger partial charge in [-0.05, 0) is 41.7 Å². The first kappa shape index (κ1) is 19.1. The van der Waals surface area contributed by atoms with Crippen molar-refractivity contribution >= 4 is 5.91 Å². The minimum absolute atomic E-state index is 0.0617. The highest BCUT2D eigenvalue weighted by molar-refractivity contribution is 5.96. The van der Waals surface area contributed by atoms with Crippen LogP contribution in [0, 0.1) is 0 Å². The van der Waals surface area contributed by atoms with Crippen LogP contribution in [0.25, 0.3) is 11.1 Å². The molecule has 3 aromatic rings. The van der Waals surface area contributed by atoms with Crippen molar-refractivity contribution in [2.24, 2.45) is 0 Å². The molecule has 3 heteroatoms. The standard InChI is InChI=1S/C24H28N2O/c1-2-3-4-5-6-7-8-20-9-11-21(12-10-20)22-13-15-23(16-14-22)24(27)26-18-17-25-19-26/h9-19H,2-8H2,1H3. The molecule has 0 atom stereocenters. The average Bonchev–Trinajstić information content (AvgIpc) is 3.26. The van der Waals surface area contributed by atoms with Gasteiger partial charge in [0.2, 0.25) is 0 Å². The Morgan fingerprint density at radius 2 is 1.48 bits per heavy atom. The fourth-order valence-electron chi connectivity index (χ4n) is 3.31. The Kier molecular flexibility index (Phi) is 6.97. The highest BCUT2D eigenvalue weighted by atomic mass is 16.2. The molecule has 0 aliphatic rings. The number of rotatable bonds is 9. The molecule has 0 bridgehead atoms. The van der Waals surface area contributed by atoms with E-state index >= 15 is 0 Å². The van der Waals surface area contributed by atoms with Crippen LogP contribution in [0.4, 0.5) is 0 Å². The number of aromatic nitrogens is 2. The van der Waals surface area contributed by atoms with Crippen LogP contribution in [-0.4, -0.2) is 15.5 Å². The predicted octanol–water partition coefficient (Wildman–Crippen LogP) is 6.14. The minimum Gasteiger partial charge on any atom is -0.272 e. The van der Waals surface area contributed by atoms with Crippen LogP contribution >= 0.6 is 0 Å². The summed E-state index contributed by atoms with van der Waals surface area (Å²) in [6.07, 6.45) is 14.0. The molecule has 140 valence electrons. The number of unbranched alkanes of at least 4 members (excludes halogenated alkanes) is 5. The Labute approximate surface area is 162 Å². The average molecular weight is 361 g/mol. The van der Waals surface area contributed by atoms with Crippen LogP contribution in [-0.2, 0) is 6.42 Å². The van der Waals surface area contributed by atoms with Crippen LogP contribution in [0.5, 0.6) is 0 Å². The van der Waals surface area contributed by atoms with E-state index in [-0.39, 0.29) is 5.91 Å². The summed E-state index contributed by atoms with van der Waals surface area (Å²) in [4.78, 5) is 16.2. The number of hydrogen-bond donors (Lipinski definition) is 0. The van der Waals surface area contributed by atoms with Gasteiger partial charge in [-0.3, -0.25) is 9.36 Å². The first-order valence-electron chi connectivity index (χ1n) is 10.00. The number of benzene rings is 2. The first-order valence-corrected chi connectivity index (χ1v) is 10.00. The molecule has 0 saturated carbocycles. The molecular formula is C24H28N2O. The van der Waals surface area contributed by atoms with Crippen molar-refractivity contribution in [3.8, 4) is 11.1 Å². The smallest absolute Gasteiger partial charge is 0.263 e. The molecule has 3 nitrogen and oxygen atoms in total. The second-order valence-corrected chi connectivity index (χ2v) is 7.07. The third kappa shape index (κ3) is 5.40. The quantitative estimate of drug-likeness (QED) is 0.429. The number of aryl methyl sites for hydroxylation is 1. The Bertz CT molecular complexity index is 818. The Balaban J connectivity index is 1.55. The summed E-state index contributed by atoms with van der Waals surface area (Å²) in [7, 11) is 0. The largest absolute Gasteiger partial charge is 0.272 e. The number of nitrogens with zero attached hydrogens (tertiary/aromatic N) is 2. The van der Waals surface area contributed by atoms with Gasteiger partial charge in [-0.25, -0.2) is 4.98 Å². The first-order chi connectivity index (χ1) is 13.3. The Morgan fingerprint density at radius 3 is 2.11 bits per heavy atom. The third-order valence-electron chi connectivity index (χ3n) is 4.98. The maximum absolute atomic E-state index is 12.3. The molecule has 2 aromatic carbocycles. The van der Waals surface area contributed by atoms with Crippen molar-refractivity contribution in [1.29, 1.82) is 0 Å². The van der Waals surface area contributed by atoms with Gasteiger partial charge in [0.15, 0.2) is 0 Å².